The van der Waals surface area contributed by atoms with E-state index in [-0.39, 0.29) is 16.6 Å². The van der Waals surface area contributed by atoms with Gasteiger partial charge in [-0.05, 0) is 72.5 Å². The number of thioether (sulfide) groups is 1. The summed E-state index contributed by atoms with van der Waals surface area (Å²) in [6.07, 6.45) is 2.13. The molecule has 0 radical (unpaired) electrons. The van der Waals surface area contributed by atoms with E-state index in [0.717, 1.165) is 23.5 Å². The van der Waals surface area contributed by atoms with Crippen LogP contribution in [0.25, 0.3) is 6.08 Å². The van der Waals surface area contributed by atoms with Gasteiger partial charge in [0, 0.05) is 40.7 Å². The van der Waals surface area contributed by atoms with Crippen LogP contribution in [0.2, 0.25) is 10.0 Å². The summed E-state index contributed by atoms with van der Waals surface area (Å²) in [7, 11) is 1.34. The Kier molecular flexibility index (Phi) is 12.9. The van der Waals surface area contributed by atoms with Gasteiger partial charge in [-0.1, -0.05) is 89.9 Å². The Morgan fingerprint density at radius 2 is 1.65 bits per heavy atom. The SMILES string of the molecule is COC(=O)c1c(NC(=O)C(C)Sc2cccc(NC(=O)/C(=C\c3cccc(Cl)c3Cl)NC(=O)c3ccccc3)c2)sc2c1CCN(Cc1ccccc1)C2. The van der Waals surface area contributed by atoms with Crippen LogP contribution >= 0.6 is 46.3 Å². The Labute approximate surface area is 331 Å². The monoisotopic (exact) mass is 798 g/mol. The Morgan fingerprint density at radius 1 is 0.926 bits per heavy atom. The van der Waals surface area contributed by atoms with E-state index in [1.807, 2.05) is 24.3 Å². The lowest BCUT2D eigenvalue weighted by Gasteiger charge is -2.27. The fourth-order valence-corrected chi connectivity index (χ4v) is 8.46. The third kappa shape index (κ3) is 9.60. The van der Waals surface area contributed by atoms with E-state index in [1.165, 1.54) is 41.8 Å². The summed E-state index contributed by atoms with van der Waals surface area (Å²) >= 11 is 15.3. The highest BCUT2D eigenvalue weighted by atomic mass is 35.5. The molecule has 4 aromatic carbocycles. The van der Waals surface area contributed by atoms with Crippen molar-refractivity contribution in [3.05, 3.63) is 152 Å². The molecule has 3 N–H and O–H groups in total. The zero-order chi connectivity index (χ0) is 38.2. The first-order valence-electron chi connectivity index (χ1n) is 17.0. The van der Waals surface area contributed by atoms with E-state index >= 15 is 0 Å². The van der Waals surface area contributed by atoms with Gasteiger partial charge in [0.2, 0.25) is 5.91 Å². The van der Waals surface area contributed by atoms with Gasteiger partial charge in [0.1, 0.15) is 10.7 Å². The van der Waals surface area contributed by atoms with Crippen molar-refractivity contribution in [2.45, 2.75) is 36.6 Å². The number of hydrogen-bond donors (Lipinski definition) is 3. The zero-order valence-electron chi connectivity index (χ0n) is 29.4. The maximum absolute atomic E-state index is 13.7. The van der Waals surface area contributed by atoms with Crippen LogP contribution in [0.3, 0.4) is 0 Å². The quantitative estimate of drug-likeness (QED) is 0.0656. The molecule has 2 heterocycles. The maximum atomic E-state index is 13.7. The van der Waals surface area contributed by atoms with E-state index in [2.05, 4.69) is 33.0 Å². The number of ether oxygens (including phenoxy) is 1. The molecule has 1 unspecified atom stereocenters. The summed E-state index contributed by atoms with van der Waals surface area (Å²) in [6.45, 7) is 4.00. The lowest BCUT2D eigenvalue weighted by atomic mass is 10.0. The predicted octanol–water partition coefficient (Wildman–Crippen LogP) is 8.93. The van der Waals surface area contributed by atoms with E-state index in [0.29, 0.717) is 50.3 Å². The highest BCUT2D eigenvalue weighted by Crippen LogP contribution is 2.39. The van der Waals surface area contributed by atoms with Crippen molar-refractivity contribution in [3.63, 3.8) is 0 Å². The highest BCUT2D eigenvalue weighted by Gasteiger charge is 2.30. The molecular weight excluding hydrogens is 764 g/mol. The molecule has 9 nitrogen and oxygen atoms in total. The summed E-state index contributed by atoms with van der Waals surface area (Å²) in [6, 6.07) is 30.8. The van der Waals surface area contributed by atoms with Crippen molar-refractivity contribution < 1.29 is 23.9 Å². The van der Waals surface area contributed by atoms with E-state index in [1.54, 1.807) is 73.7 Å². The minimum atomic E-state index is -0.595. The number of thiophene rings is 1. The molecule has 0 aliphatic carbocycles. The smallest absolute Gasteiger partial charge is 0.341 e. The summed E-state index contributed by atoms with van der Waals surface area (Å²) in [4.78, 5) is 57.3. The largest absolute Gasteiger partial charge is 0.465 e. The van der Waals surface area contributed by atoms with Crippen molar-refractivity contribution >= 4 is 86.8 Å². The molecule has 276 valence electrons. The van der Waals surface area contributed by atoms with Gasteiger partial charge in [-0.15, -0.1) is 23.1 Å². The molecular formula is C41H36Cl2N4O5S2. The second kappa shape index (κ2) is 17.9. The van der Waals surface area contributed by atoms with E-state index in [4.69, 9.17) is 27.9 Å². The number of fused-ring (bicyclic) bond motifs is 1. The molecule has 0 saturated carbocycles. The molecule has 1 aromatic heterocycles. The first kappa shape index (κ1) is 38.8. The van der Waals surface area contributed by atoms with Crippen LogP contribution in [0.5, 0.6) is 0 Å². The van der Waals surface area contributed by atoms with Crippen LogP contribution in [-0.4, -0.2) is 47.5 Å². The van der Waals surface area contributed by atoms with Crippen LogP contribution in [0, 0.1) is 0 Å². The van der Waals surface area contributed by atoms with Crippen LogP contribution in [-0.2, 0) is 33.8 Å². The minimum absolute atomic E-state index is 0.0536. The van der Waals surface area contributed by atoms with Crippen LogP contribution in [0.15, 0.2) is 114 Å². The second-order valence-corrected chi connectivity index (χ2v) is 15.7. The minimum Gasteiger partial charge on any atom is -0.465 e. The molecule has 5 aromatic rings. The summed E-state index contributed by atoms with van der Waals surface area (Å²) in [5.41, 5.74) is 3.73. The lowest BCUT2D eigenvalue weighted by molar-refractivity contribution is -0.115. The third-order valence-electron chi connectivity index (χ3n) is 8.60. The lowest BCUT2D eigenvalue weighted by Crippen LogP contribution is -2.30. The number of methoxy groups -OCH3 is 1. The highest BCUT2D eigenvalue weighted by molar-refractivity contribution is 8.00. The van der Waals surface area contributed by atoms with Crippen LogP contribution in [0.4, 0.5) is 10.7 Å². The van der Waals surface area contributed by atoms with Crippen molar-refractivity contribution in [2.75, 3.05) is 24.3 Å². The average molecular weight is 800 g/mol. The van der Waals surface area contributed by atoms with E-state index < -0.39 is 23.0 Å². The Morgan fingerprint density at radius 3 is 2.39 bits per heavy atom. The average Bonchev–Trinajstić information content (AvgIpc) is 3.53. The van der Waals surface area contributed by atoms with Crippen LogP contribution < -0.4 is 16.0 Å². The first-order valence-corrected chi connectivity index (χ1v) is 19.4. The topological polar surface area (TPSA) is 117 Å². The van der Waals surface area contributed by atoms with Gasteiger partial charge in [-0.3, -0.25) is 19.3 Å². The fraction of sp³-hybridized carbons (Fsp3) is 0.171. The molecule has 1 aliphatic heterocycles. The van der Waals surface area contributed by atoms with Crippen LogP contribution in [0.1, 0.15) is 49.2 Å². The molecule has 1 atom stereocenters. The predicted molar refractivity (Wildman–Crippen MR) is 217 cm³/mol. The number of nitrogens with zero attached hydrogens (tertiary/aromatic N) is 1. The number of benzene rings is 4. The van der Waals surface area contributed by atoms with Gasteiger partial charge in [-0.2, -0.15) is 0 Å². The maximum Gasteiger partial charge on any atom is 0.341 e. The zero-order valence-corrected chi connectivity index (χ0v) is 32.5. The Bertz CT molecular complexity index is 2210. The molecule has 6 rings (SSSR count). The number of carbonyl (C=O) groups excluding carboxylic acids is 4. The molecule has 0 bridgehead atoms. The first-order chi connectivity index (χ1) is 26.1. The molecule has 13 heteroatoms. The number of carbonyl (C=O) groups is 4. The van der Waals surface area contributed by atoms with Crippen molar-refractivity contribution in [1.29, 1.82) is 0 Å². The second-order valence-electron chi connectivity index (χ2n) is 12.4. The van der Waals surface area contributed by atoms with Gasteiger partial charge >= 0.3 is 5.97 Å². The van der Waals surface area contributed by atoms with Gasteiger partial charge < -0.3 is 20.7 Å². The summed E-state index contributed by atoms with van der Waals surface area (Å²) in [5, 5.41) is 8.97. The number of rotatable bonds is 12. The van der Waals surface area contributed by atoms with E-state index in [9.17, 15) is 19.2 Å². The number of anilines is 2. The van der Waals surface area contributed by atoms with Gasteiger partial charge in [-0.25, -0.2) is 4.79 Å². The molecule has 1 aliphatic rings. The molecule has 0 fully saturated rings. The molecule has 0 spiro atoms. The van der Waals surface area contributed by atoms with Gasteiger partial charge in [0.15, 0.2) is 0 Å². The third-order valence-corrected chi connectivity index (χ3v) is 11.7. The fourth-order valence-electron chi connectivity index (χ4n) is 5.89. The summed E-state index contributed by atoms with van der Waals surface area (Å²) < 4.78 is 5.13. The van der Waals surface area contributed by atoms with Gasteiger partial charge in [0.05, 0.1) is 28.0 Å². The number of nitrogens with one attached hydrogen (secondary N) is 3. The van der Waals surface area contributed by atoms with Crippen molar-refractivity contribution in [3.8, 4) is 0 Å². The number of amides is 3. The molecule has 0 saturated heterocycles. The number of halogens is 2. The molecule has 54 heavy (non-hydrogen) atoms. The Balaban J connectivity index is 1.15. The van der Waals surface area contributed by atoms with Crippen molar-refractivity contribution in [2.24, 2.45) is 0 Å². The molecule has 3 amide bonds. The summed E-state index contributed by atoms with van der Waals surface area (Å²) in [5.74, 6) is -1.84. The van der Waals surface area contributed by atoms with Crippen molar-refractivity contribution in [1.82, 2.24) is 10.2 Å². The normalized spacial score (nSPS) is 13.4. The van der Waals surface area contributed by atoms with Gasteiger partial charge in [0.25, 0.3) is 11.8 Å². The number of hydrogen-bond acceptors (Lipinski definition) is 8. The number of esters is 1. The standard InChI is InChI=1S/C41H36Cl2N4O5S2/c1-25(37(48)46-40-35(41(51)52-2)31-19-20-47(24-34(31)54-40)23-26-11-5-3-6-12-26)53-30-17-10-16-29(22-30)44-39(50)33(21-28-15-9-18-32(42)36(28)43)45-38(49)27-13-7-4-8-14-27/h3-18,21-22,25H,19-20,23-24H2,1-2H3,(H,44,50)(H,45,49)(H,46,48)/b33-21+. The Hall–Kier alpha value is -4.91.